The van der Waals surface area contributed by atoms with Crippen LogP contribution in [-0.2, 0) is 4.79 Å². The molecule has 2 heteroatoms. The van der Waals surface area contributed by atoms with Crippen LogP contribution in [0.25, 0.3) is 5.57 Å². The standard InChI is InChI=1S/C12H14OS/c1-12(2)6-10(5-11(13)7-12)9-3-4-14-8-9/h3-5,8H,6-7H2,1-2H3. The normalized spacial score (nSPS) is 20.7. The fourth-order valence-electron chi connectivity index (χ4n) is 1.98. The predicted molar refractivity (Wildman–Crippen MR) is 60.3 cm³/mol. The van der Waals surface area contributed by atoms with Crippen LogP contribution in [0.4, 0.5) is 0 Å². The van der Waals surface area contributed by atoms with Gasteiger partial charge in [-0.1, -0.05) is 13.8 Å². The van der Waals surface area contributed by atoms with E-state index in [0.717, 1.165) is 6.42 Å². The van der Waals surface area contributed by atoms with Crippen LogP contribution in [0.2, 0.25) is 0 Å². The van der Waals surface area contributed by atoms with E-state index in [1.807, 2.05) is 6.08 Å². The summed E-state index contributed by atoms with van der Waals surface area (Å²) in [5.41, 5.74) is 2.55. The zero-order valence-corrected chi connectivity index (χ0v) is 9.36. The van der Waals surface area contributed by atoms with Gasteiger partial charge in [0.1, 0.15) is 0 Å². The fraction of sp³-hybridized carbons (Fsp3) is 0.417. The van der Waals surface area contributed by atoms with Crippen molar-refractivity contribution in [1.29, 1.82) is 0 Å². The first-order valence-electron chi connectivity index (χ1n) is 4.83. The number of carbonyl (C=O) groups is 1. The lowest BCUT2D eigenvalue weighted by Crippen LogP contribution is -2.21. The minimum Gasteiger partial charge on any atom is -0.295 e. The number of thiophene rings is 1. The van der Waals surface area contributed by atoms with E-state index in [1.54, 1.807) is 11.3 Å². The van der Waals surface area contributed by atoms with Gasteiger partial charge in [0.05, 0.1) is 0 Å². The first-order valence-corrected chi connectivity index (χ1v) is 5.77. The fourth-order valence-corrected chi connectivity index (χ4v) is 2.66. The van der Waals surface area contributed by atoms with Crippen molar-refractivity contribution in [2.24, 2.45) is 5.41 Å². The number of carbonyl (C=O) groups excluding carboxylic acids is 1. The molecule has 0 aromatic carbocycles. The van der Waals surface area contributed by atoms with Crippen LogP contribution in [-0.4, -0.2) is 5.78 Å². The number of ketones is 1. The minimum atomic E-state index is 0.128. The summed E-state index contributed by atoms with van der Waals surface area (Å²) < 4.78 is 0. The number of allylic oxidation sites excluding steroid dienone is 2. The molecule has 1 aliphatic carbocycles. The van der Waals surface area contributed by atoms with Crippen LogP contribution in [0.5, 0.6) is 0 Å². The maximum Gasteiger partial charge on any atom is 0.156 e. The van der Waals surface area contributed by atoms with Crippen molar-refractivity contribution in [3.63, 3.8) is 0 Å². The molecule has 0 atom stereocenters. The smallest absolute Gasteiger partial charge is 0.156 e. The Labute approximate surface area is 88.5 Å². The van der Waals surface area contributed by atoms with Crippen LogP contribution >= 0.6 is 11.3 Å². The Morgan fingerprint density at radius 3 is 2.71 bits per heavy atom. The molecule has 0 unspecified atom stereocenters. The number of rotatable bonds is 1. The van der Waals surface area contributed by atoms with E-state index in [-0.39, 0.29) is 11.2 Å². The highest BCUT2D eigenvalue weighted by atomic mass is 32.1. The molecule has 0 bridgehead atoms. The second kappa shape index (κ2) is 3.35. The van der Waals surface area contributed by atoms with Crippen molar-refractivity contribution in [1.82, 2.24) is 0 Å². The first-order chi connectivity index (χ1) is 6.57. The van der Waals surface area contributed by atoms with Gasteiger partial charge >= 0.3 is 0 Å². The summed E-state index contributed by atoms with van der Waals surface area (Å²) in [6, 6.07) is 2.09. The molecule has 0 N–H and O–H groups in total. The van der Waals surface area contributed by atoms with E-state index < -0.39 is 0 Å². The van der Waals surface area contributed by atoms with Gasteiger partial charge in [0.2, 0.25) is 0 Å². The van der Waals surface area contributed by atoms with Crippen molar-refractivity contribution in [2.75, 3.05) is 0 Å². The van der Waals surface area contributed by atoms with Gasteiger partial charge in [-0.05, 0) is 45.9 Å². The second-order valence-electron chi connectivity index (χ2n) is 4.67. The Balaban J connectivity index is 2.33. The van der Waals surface area contributed by atoms with Gasteiger partial charge in [0.15, 0.2) is 5.78 Å². The summed E-state index contributed by atoms with van der Waals surface area (Å²) in [4.78, 5) is 11.5. The molecule has 0 aliphatic heterocycles. The Morgan fingerprint density at radius 1 is 1.36 bits per heavy atom. The molecule has 1 aromatic rings. The van der Waals surface area contributed by atoms with E-state index in [4.69, 9.17) is 0 Å². The highest BCUT2D eigenvalue weighted by Gasteiger charge is 2.27. The molecule has 1 heterocycles. The van der Waals surface area contributed by atoms with Crippen molar-refractivity contribution in [2.45, 2.75) is 26.7 Å². The van der Waals surface area contributed by atoms with Crippen molar-refractivity contribution >= 4 is 22.7 Å². The van der Waals surface area contributed by atoms with E-state index in [2.05, 4.69) is 30.7 Å². The van der Waals surface area contributed by atoms with E-state index in [1.165, 1.54) is 11.1 Å². The highest BCUT2D eigenvalue weighted by Crippen LogP contribution is 2.38. The Hall–Kier alpha value is -0.890. The molecule has 74 valence electrons. The van der Waals surface area contributed by atoms with Gasteiger partial charge in [-0.3, -0.25) is 4.79 Å². The third-order valence-corrected chi connectivity index (χ3v) is 3.23. The number of hydrogen-bond donors (Lipinski definition) is 0. The summed E-state index contributed by atoms with van der Waals surface area (Å²) in [7, 11) is 0. The Bertz CT molecular complexity index is 371. The van der Waals surface area contributed by atoms with Crippen LogP contribution in [0, 0.1) is 5.41 Å². The lowest BCUT2D eigenvalue weighted by molar-refractivity contribution is -0.116. The lowest BCUT2D eigenvalue weighted by Gasteiger charge is -2.28. The third kappa shape index (κ3) is 1.95. The number of hydrogen-bond acceptors (Lipinski definition) is 2. The molecule has 1 aromatic heterocycles. The maximum absolute atomic E-state index is 11.5. The van der Waals surface area contributed by atoms with E-state index >= 15 is 0 Å². The van der Waals surface area contributed by atoms with Gasteiger partial charge in [-0.25, -0.2) is 0 Å². The van der Waals surface area contributed by atoms with Gasteiger partial charge in [0.25, 0.3) is 0 Å². The van der Waals surface area contributed by atoms with Crippen molar-refractivity contribution in [3.05, 3.63) is 28.5 Å². The van der Waals surface area contributed by atoms with Gasteiger partial charge in [-0.15, -0.1) is 0 Å². The molecular weight excluding hydrogens is 192 g/mol. The molecule has 1 aliphatic rings. The van der Waals surface area contributed by atoms with Gasteiger partial charge in [0, 0.05) is 6.42 Å². The molecule has 1 nitrogen and oxygen atoms in total. The quantitative estimate of drug-likeness (QED) is 0.687. The lowest BCUT2D eigenvalue weighted by atomic mass is 9.75. The molecule has 0 fully saturated rings. The monoisotopic (exact) mass is 206 g/mol. The SMILES string of the molecule is CC1(C)CC(=O)C=C(c2ccsc2)C1. The Morgan fingerprint density at radius 2 is 2.14 bits per heavy atom. The van der Waals surface area contributed by atoms with Crippen LogP contribution < -0.4 is 0 Å². The Kier molecular flexibility index (Phi) is 2.31. The van der Waals surface area contributed by atoms with Gasteiger partial charge in [-0.2, -0.15) is 11.3 Å². The van der Waals surface area contributed by atoms with Crippen LogP contribution in [0.15, 0.2) is 22.9 Å². The van der Waals surface area contributed by atoms with E-state index in [0.29, 0.717) is 6.42 Å². The summed E-state index contributed by atoms with van der Waals surface area (Å²) in [6.07, 6.45) is 3.50. The zero-order valence-electron chi connectivity index (χ0n) is 8.54. The summed E-state index contributed by atoms with van der Waals surface area (Å²) >= 11 is 1.68. The molecule has 0 amide bonds. The summed E-state index contributed by atoms with van der Waals surface area (Å²) in [6.45, 7) is 4.31. The average molecular weight is 206 g/mol. The molecule has 0 spiro atoms. The molecule has 2 rings (SSSR count). The molecule has 0 radical (unpaired) electrons. The van der Waals surface area contributed by atoms with Crippen LogP contribution in [0.3, 0.4) is 0 Å². The first kappa shape index (κ1) is 9.66. The summed E-state index contributed by atoms with van der Waals surface area (Å²) in [5, 5.41) is 4.17. The molecule has 0 saturated carbocycles. The van der Waals surface area contributed by atoms with Gasteiger partial charge < -0.3 is 0 Å². The van der Waals surface area contributed by atoms with Crippen LogP contribution in [0.1, 0.15) is 32.3 Å². The van der Waals surface area contributed by atoms with Crippen molar-refractivity contribution in [3.8, 4) is 0 Å². The molecule has 14 heavy (non-hydrogen) atoms. The maximum atomic E-state index is 11.5. The average Bonchev–Trinajstić information content (AvgIpc) is 2.51. The van der Waals surface area contributed by atoms with Crippen molar-refractivity contribution < 1.29 is 4.79 Å². The molecular formula is C12H14OS. The molecule has 0 saturated heterocycles. The zero-order chi connectivity index (χ0) is 10.2. The third-order valence-electron chi connectivity index (χ3n) is 2.55. The largest absolute Gasteiger partial charge is 0.295 e. The predicted octanol–water partition coefficient (Wildman–Crippen LogP) is 3.52. The van der Waals surface area contributed by atoms with E-state index in [9.17, 15) is 4.79 Å². The second-order valence-corrected chi connectivity index (χ2v) is 5.45. The summed E-state index contributed by atoms with van der Waals surface area (Å²) in [5.74, 6) is 0.266. The minimum absolute atomic E-state index is 0.128. The topological polar surface area (TPSA) is 17.1 Å². The highest BCUT2D eigenvalue weighted by molar-refractivity contribution is 7.08.